The second kappa shape index (κ2) is 53.2. The van der Waals surface area contributed by atoms with Crippen LogP contribution in [0.2, 0.25) is 0 Å². The monoisotopic (exact) mass is 1450 g/mol. The maximum Gasteiger partial charge on any atom is 0.326 e. The fraction of sp³-hybridized carbons (Fsp3) is 0.833. The lowest BCUT2D eigenvalue weighted by atomic mass is 9.98. The Hall–Kier alpha value is -6.60. The molecule has 0 fully saturated rings. The summed E-state index contributed by atoms with van der Waals surface area (Å²) in [5, 5.41) is 40.6. The molecule has 0 aromatic heterocycles. The summed E-state index contributed by atoms with van der Waals surface area (Å²) in [5.74, 6) is -9.61. The van der Waals surface area contributed by atoms with Crippen LogP contribution in [-0.4, -0.2) is 181 Å². The minimum atomic E-state index is -1.27. The average Bonchev–Trinajstić information content (AvgIpc) is 0.860. The van der Waals surface area contributed by atoms with Gasteiger partial charge in [0.05, 0.1) is 6.04 Å². The topological polar surface area (TPSA) is 514 Å². The predicted molar refractivity (Wildman–Crippen MR) is 398 cm³/mol. The van der Waals surface area contributed by atoms with Crippen LogP contribution in [0.25, 0.3) is 0 Å². The molecule has 0 spiro atoms. The number of carboxylic acid groups (broad SMARTS) is 1. The number of nitrogens with one attached hydrogen (secondary N) is 11. The Bertz CT molecular complexity index is 2520. The molecule has 0 aliphatic heterocycles. The smallest absolute Gasteiger partial charge is 0.326 e. The molecule has 30 heteroatoms. The van der Waals surface area contributed by atoms with Crippen molar-refractivity contribution in [1.29, 1.82) is 0 Å². The number of hydrogen-bond acceptors (Lipinski definition) is 18. The minimum Gasteiger partial charge on any atom is -0.480 e. The van der Waals surface area contributed by atoms with Gasteiger partial charge in [0.2, 0.25) is 65.0 Å². The van der Waals surface area contributed by atoms with Gasteiger partial charge in [-0.15, -0.1) is 0 Å². The van der Waals surface area contributed by atoms with Crippen LogP contribution < -0.4 is 92.9 Å². The number of unbranched alkanes of at least 4 members (excludes halogenated alkanes) is 5. The molecule has 0 saturated carbocycles. The number of carboxylic acids is 1. The summed E-state index contributed by atoms with van der Waals surface area (Å²) in [6, 6.07) is -14.2. The van der Waals surface area contributed by atoms with Crippen LogP contribution in [-0.2, 0) is 57.5 Å². The first-order valence-corrected chi connectivity index (χ1v) is 37.8. The van der Waals surface area contributed by atoms with Crippen molar-refractivity contribution in [3.8, 4) is 0 Å². The van der Waals surface area contributed by atoms with Crippen molar-refractivity contribution in [2.24, 2.45) is 75.8 Å². The van der Waals surface area contributed by atoms with Gasteiger partial charge in [-0.3, -0.25) is 52.7 Å². The van der Waals surface area contributed by atoms with Gasteiger partial charge in [0, 0.05) is 0 Å². The Morgan fingerprint density at radius 1 is 0.225 bits per heavy atom. The Morgan fingerprint density at radius 3 is 0.539 bits per heavy atom. The van der Waals surface area contributed by atoms with Crippen LogP contribution in [0.1, 0.15) is 238 Å². The second-order valence-electron chi connectivity index (χ2n) is 30.4. The molecule has 11 amide bonds. The van der Waals surface area contributed by atoms with Crippen LogP contribution in [0, 0.1) is 41.4 Å². The van der Waals surface area contributed by atoms with Crippen LogP contribution in [0.3, 0.4) is 0 Å². The number of hydrogen-bond donors (Lipinski definition) is 18. The molecular weight excluding hydrogens is 1310 g/mol. The third-order valence-corrected chi connectivity index (χ3v) is 17.0. The third kappa shape index (κ3) is 41.6. The van der Waals surface area contributed by atoms with Gasteiger partial charge in [-0.1, -0.05) is 96.9 Å². The average molecular weight is 1450 g/mol. The number of nitrogens with two attached hydrogens (primary N) is 6. The van der Waals surface area contributed by atoms with E-state index in [1.54, 1.807) is 0 Å². The Balaban J connectivity index is 7.19. The fourth-order valence-corrected chi connectivity index (χ4v) is 11.6. The number of carbonyl (C=O) groups excluding carboxylic acids is 11. The fourth-order valence-electron chi connectivity index (χ4n) is 11.6. The lowest BCUT2D eigenvalue weighted by Gasteiger charge is -2.30. The minimum absolute atomic E-state index is 0.0662. The number of amides is 11. The quantitative estimate of drug-likeness (QED) is 0.0385. The van der Waals surface area contributed by atoms with E-state index in [4.69, 9.17) is 34.4 Å². The highest BCUT2D eigenvalue weighted by Crippen LogP contribution is 2.17. The van der Waals surface area contributed by atoms with E-state index >= 15 is 0 Å². The van der Waals surface area contributed by atoms with Crippen molar-refractivity contribution in [2.45, 2.75) is 311 Å². The zero-order chi connectivity index (χ0) is 77.8. The van der Waals surface area contributed by atoms with Crippen molar-refractivity contribution < 1.29 is 62.6 Å². The van der Waals surface area contributed by atoms with Crippen molar-refractivity contribution in [3.05, 3.63) is 0 Å². The molecule has 0 unspecified atom stereocenters. The van der Waals surface area contributed by atoms with Gasteiger partial charge in [0.1, 0.15) is 66.5 Å². The van der Waals surface area contributed by atoms with Gasteiger partial charge in [0.15, 0.2) is 0 Å². The zero-order valence-corrected chi connectivity index (χ0v) is 64.4. The summed E-state index contributed by atoms with van der Waals surface area (Å²) >= 11 is 0. The molecule has 0 radical (unpaired) electrons. The summed E-state index contributed by atoms with van der Waals surface area (Å²) in [6.45, 7) is 27.4. The van der Waals surface area contributed by atoms with Gasteiger partial charge in [-0.25, -0.2) is 4.79 Å². The van der Waals surface area contributed by atoms with Gasteiger partial charge in [-0.2, -0.15) is 0 Å². The van der Waals surface area contributed by atoms with E-state index in [-0.39, 0.29) is 132 Å². The van der Waals surface area contributed by atoms with Crippen LogP contribution >= 0.6 is 0 Å². The summed E-state index contributed by atoms with van der Waals surface area (Å²) in [5.41, 5.74) is 35.4. The van der Waals surface area contributed by atoms with Crippen LogP contribution in [0.15, 0.2) is 0 Å². The maximum atomic E-state index is 14.7. The lowest BCUT2D eigenvalue weighted by Crippen LogP contribution is -2.61. The van der Waals surface area contributed by atoms with Crippen molar-refractivity contribution in [3.63, 3.8) is 0 Å². The molecule has 0 bridgehead atoms. The molecule has 0 saturated heterocycles. The number of rotatable bonds is 57. The van der Waals surface area contributed by atoms with Crippen molar-refractivity contribution in [2.75, 3.05) is 32.7 Å². The predicted octanol–water partition coefficient (Wildman–Crippen LogP) is 1.70. The number of carbonyl (C=O) groups is 12. The lowest BCUT2D eigenvalue weighted by molar-refractivity contribution is -0.143. The molecule has 0 heterocycles. The van der Waals surface area contributed by atoms with Gasteiger partial charge < -0.3 is 98.0 Å². The molecule has 0 aliphatic rings. The van der Waals surface area contributed by atoms with E-state index in [2.05, 4.69) is 58.5 Å². The molecule has 0 aromatic carbocycles. The third-order valence-electron chi connectivity index (χ3n) is 17.0. The normalized spacial score (nSPS) is 15.2. The molecule has 102 heavy (non-hydrogen) atoms. The molecule has 12 atom stereocenters. The van der Waals surface area contributed by atoms with E-state index in [0.29, 0.717) is 83.7 Å². The van der Waals surface area contributed by atoms with E-state index in [1.165, 1.54) is 0 Å². The Kier molecular flexibility index (Phi) is 49.8. The van der Waals surface area contributed by atoms with Gasteiger partial charge >= 0.3 is 5.97 Å². The SMILES string of the molecule is CC(C)C[C@H](NC(=O)[C@H](CC(C)C)NC(=O)[C@H](CCCCN)NC(=O)[C@H](CCCCN)NC(=O)[C@H](CC(C)C)NC(=O)[C@H](CC(C)C)NC(=O)[C@H](CCCCN)NC(=O)[C@H](CC(C)C)NC(=O)[C@H](CC(C)C)NC(=O)[C@H](CCCCN)NC(=O)[C@H](CCCCN)NC(=O)[C@@H](N)CC(C)C)C(=O)O. The molecule has 24 N–H and O–H groups in total. The van der Waals surface area contributed by atoms with E-state index in [9.17, 15) is 62.6 Å². The Morgan fingerprint density at radius 2 is 0.373 bits per heavy atom. The first-order chi connectivity index (χ1) is 47.9. The molecule has 0 aliphatic carbocycles. The van der Waals surface area contributed by atoms with Crippen molar-refractivity contribution in [1.82, 2.24) is 58.5 Å². The van der Waals surface area contributed by atoms with Crippen LogP contribution in [0.4, 0.5) is 0 Å². The highest BCUT2D eigenvalue weighted by atomic mass is 16.4. The van der Waals surface area contributed by atoms with Crippen LogP contribution in [0.5, 0.6) is 0 Å². The first-order valence-electron chi connectivity index (χ1n) is 37.8. The standard InChI is InChI=1S/C72H139N17O13/c1-42(2)35-49(78)61(90)79-50(25-15-20-30-73)62(91)80-52(27-17-22-32-75)64(93)84-57(38-45(7)8)69(98)88-56(37-44(5)6)68(97)83-54(29-19-24-34-77)66(95)85-58(39-46(9)10)70(99)87-55(36-43(3)4)67(96)82-51(26-16-21-31-74)63(92)81-53(28-18-23-33-76)65(94)86-59(40-47(11)12)71(100)89-60(72(101)102)41-48(13)14/h42-60H,15-41,73-78H2,1-14H3,(H,79,90)(H,80,91)(H,81,92)(H,82,96)(H,83,97)(H,84,93)(H,85,95)(H,86,94)(H,87,99)(H,88,98)(H,89,100)(H,101,102)/t49-,50-,51-,52-,53-,54-,55-,56-,57-,58-,59-,60-/m0/s1. The molecular formula is C72H139N17O13. The summed E-state index contributed by atoms with van der Waals surface area (Å²) in [4.78, 5) is 169. The zero-order valence-electron chi connectivity index (χ0n) is 64.4. The summed E-state index contributed by atoms with van der Waals surface area (Å²) < 4.78 is 0. The first kappa shape index (κ1) is 95.4. The molecule has 0 aromatic rings. The van der Waals surface area contributed by atoms with E-state index in [0.717, 1.165) is 0 Å². The highest BCUT2D eigenvalue weighted by Gasteiger charge is 2.38. The summed E-state index contributed by atoms with van der Waals surface area (Å²) in [7, 11) is 0. The maximum absolute atomic E-state index is 14.7. The largest absolute Gasteiger partial charge is 0.480 e. The Labute approximate surface area is 608 Å². The summed E-state index contributed by atoms with van der Waals surface area (Å²) in [6.07, 6.45) is 6.28. The highest BCUT2D eigenvalue weighted by molar-refractivity contribution is 5.99. The molecule has 0 rings (SSSR count). The van der Waals surface area contributed by atoms with Gasteiger partial charge in [-0.05, 0) is 215 Å². The second-order valence-corrected chi connectivity index (χ2v) is 30.4. The van der Waals surface area contributed by atoms with Gasteiger partial charge in [0.25, 0.3) is 0 Å². The molecule has 30 nitrogen and oxygen atoms in total. The van der Waals surface area contributed by atoms with E-state index in [1.807, 2.05) is 96.9 Å². The molecule has 590 valence electrons. The number of aliphatic carboxylic acids is 1. The van der Waals surface area contributed by atoms with Crippen molar-refractivity contribution >= 4 is 70.9 Å². The van der Waals surface area contributed by atoms with E-state index < -0.39 is 143 Å².